The number of hydrogen-bond donors (Lipinski definition) is 1. The minimum absolute atomic E-state index is 0.0326. The Morgan fingerprint density at radius 2 is 2.37 bits per heavy atom. The predicted octanol–water partition coefficient (Wildman–Crippen LogP) is 2.97. The van der Waals surface area contributed by atoms with Crippen LogP contribution in [-0.4, -0.2) is 27.8 Å². The second-order valence-electron chi connectivity index (χ2n) is 5.06. The zero-order valence-electron chi connectivity index (χ0n) is 11.4. The number of nitrogens with one attached hydrogen (secondary N) is 1. The van der Waals surface area contributed by atoms with Crippen molar-refractivity contribution in [1.82, 2.24) is 9.78 Å². The van der Waals surface area contributed by atoms with Crippen molar-refractivity contribution in [2.75, 3.05) is 18.1 Å². The van der Waals surface area contributed by atoms with Crippen LogP contribution in [0.25, 0.3) is 0 Å². The molecule has 0 saturated heterocycles. The van der Waals surface area contributed by atoms with Crippen LogP contribution in [0.3, 0.4) is 0 Å². The second-order valence-corrected chi connectivity index (χ2v) is 7.13. The Labute approximate surface area is 126 Å². The molecule has 0 amide bonds. The van der Waals surface area contributed by atoms with Crippen molar-refractivity contribution in [2.24, 2.45) is 5.92 Å². The van der Waals surface area contributed by atoms with Crippen LogP contribution in [0.5, 0.6) is 0 Å². The summed E-state index contributed by atoms with van der Waals surface area (Å²) in [6.45, 7) is 3.81. The van der Waals surface area contributed by atoms with Gasteiger partial charge in [-0.3, -0.25) is 4.79 Å². The van der Waals surface area contributed by atoms with Gasteiger partial charge in [0.05, 0.1) is 11.9 Å². The Balaban J connectivity index is 1.97. The van der Waals surface area contributed by atoms with E-state index in [0.717, 1.165) is 25.2 Å². The van der Waals surface area contributed by atoms with E-state index in [0.29, 0.717) is 15.6 Å². The van der Waals surface area contributed by atoms with Crippen LogP contribution >= 0.6 is 27.7 Å². The summed E-state index contributed by atoms with van der Waals surface area (Å²) in [5.41, 5.74) is 0.764. The molecule has 1 aromatic rings. The number of aromatic nitrogens is 2. The third-order valence-corrected chi connectivity index (χ3v) is 5.19. The van der Waals surface area contributed by atoms with E-state index in [-0.39, 0.29) is 5.56 Å². The van der Waals surface area contributed by atoms with Gasteiger partial charge in [0.15, 0.2) is 0 Å². The third-order valence-electron chi connectivity index (χ3n) is 3.38. The Morgan fingerprint density at radius 3 is 3.00 bits per heavy atom. The number of rotatable bonds is 7. The van der Waals surface area contributed by atoms with E-state index in [9.17, 15) is 4.79 Å². The predicted molar refractivity (Wildman–Crippen MR) is 85.0 cm³/mol. The summed E-state index contributed by atoms with van der Waals surface area (Å²) in [4.78, 5) is 12.1. The number of anilines is 1. The highest BCUT2D eigenvalue weighted by molar-refractivity contribution is 9.10. The molecule has 1 aliphatic rings. The van der Waals surface area contributed by atoms with Crippen molar-refractivity contribution in [2.45, 2.75) is 38.0 Å². The van der Waals surface area contributed by atoms with Gasteiger partial charge in [-0.15, -0.1) is 0 Å². The topological polar surface area (TPSA) is 46.9 Å². The van der Waals surface area contributed by atoms with Crippen LogP contribution < -0.4 is 10.9 Å². The zero-order valence-corrected chi connectivity index (χ0v) is 13.8. The second kappa shape index (κ2) is 6.79. The normalized spacial score (nSPS) is 16.4. The largest absolute Gasteiger partial charge is 0.383 e. The summed E-state index contributed by atoms with van der Waals surface area (Å²) < 4.78 is 2.16. The van der Waals surface area contributed by atoms with Crippen LogP contribution in [0.2, 0.25) is 0 Å². The SMILES string of the molecule is CSC(C)CCNc1cnn(CC2CC2)c(=O)c1Br. The molecule has 1 unspecified atom stereocenters. The lowest BCUT2D eigenvalue weighted by molar-refractivity contribution is 0.532. The monoisotopic (exact) mass is 345 g/mol. The van der Waals surface area contributed by atoms with Crippen molar-refractivity contribution < 1.29 is 0 Å². The van der Waals surface area contributed by atoms with Gasteiger partial charge in [0, 0.05) is 18.3 Å². The van der Waals surface area contributed by atoms with Crippen LogP contribution in [0.1, 0.15) is 26.2 Å². The molecule has 1 aliphatic carbocycles. The van der Waals surface area contributed by atoms with Crippen LogP contribution in [0, 0.1) is 5.92 Å². The molecule has 0 aliphatic heterocycles. The average Bonchev–Trinajstić information content (AvgIpc) is 3.21. The zero-order chi connectivity index (χ0) is 13.8. The maximum absolute atomic E-state index is 12.1. The first-order valence-electron chi connectivity index (χ1n) is 6.64. The molecule has 1 N–H and O–H groups in total. The smallest absolute Gasteiger partial charge is 0.283 e. The summed E-state index contributed by atoms with van der Waals surface area (Å²) in [6.07, 6.45) is 7.37. The van der Waals surface area contributed by atoms with Crippen LogP contribution in [0.15, 0.2) is 15.5 Å². The van der Waals surface area contributed by atoms with Gasteiger partial charge in [-0.05, 0) is 47.4 Å². The fraction of sp³-hybridized carbons (Fsp3) is 0.692. The van der Waals surface area contributed by atoms with Gasteiger partial charge in [0.2, 0.25) is 0 Å². The standard InChI is InChI=1S/C13H20BrN3OS/c1-9(19-2)5-6-15-11-7-16-17(8-10-3-4-10)13(18)12(11)14/h7,9-10,15H,3-6,8H2,1-2H3. The molecule has 1 heterocycles. The van der Waals surface area contributed by atoms with E-state index in [4.69, 9.17) is 0 Å². The lowest BCUT2D eigenvalue weighted by Crippen LogP contribution is -2.25. The highest BCUT2D eigenvalue weighted by Gasteiger charge is 2.23. The molecule has 0 aromatic carbocycles. The lowest BCUT2D eigenvalue weighted by Gasteiger charge is -2.12. The fourth-order valence-corrected chi connectivity index (χ4v) is 2.59. The summed E-state index contributed by atoms with van der Waals surface area (Å²) in [6, 6.07) is 0. The van der Waals surface area contributed by atoms with Gasteiger partial charge in [0.1, 0.15) is 4.47 Å². The molecule has 106 valence electrons. The third kappa shape index (κ3) is 4.24. The molecule has 1 atom stereocenters. The first kappa shape index (κ1) is 14.9. The molecule has 6 heteroatoms. The first-order chi connectivity index (χ1) is 9.11. The van der Waals surface area contributed by atoms with E-state index in [1.807, 2.05) is 11.8 Å². The minimum atomic E-state index is -0.0326. The maximum atomic E-state index is 12.1. The van der Waals surface area contributed by atoms with Gasteiger partial charge in [-0.25, -0.2) is 4.68 Å². The minimum Gasteiger partial charge on any atom is -0.383 e. The molecule has 1 aromatic heterocycles. The Morgan fingerprint density at radius 1 is 1.63 bits per heavy atom. The van der Waals surface area contributed by atoms with Crippen molar-refractivity contribution in [1.29, 1.82) is 0 Å². The van der Waals surface area contributed by atoms with Crippen LogP contribution in [-0.2, 0) is 6.54 Å². The van der Waals surface area contributed by atoms with Gasteiger partial charge in [-0.2, -0.15) is 16.9 Å². The Kier molecular flexibility index (Phi) is 5.33. The molecule has 1 fully saturated rings. The van der Waals surface area contributed by atoms with Crippen molar-refractivity contribution in [3.63, 3.8) is 0 Å². The highest BCUT2D eigenvalue weighted by Crippen LogP contribution is 2.30. The highest BCUT2D eigenvalue weighted by atomic mass is 79.9. The van der Waals surface area contributed by atoms with Gasteiger partial charge >= 0.3 is 0 Å². The number of thioether (sulfide) groups is 1. The molecule has 0 spiro atoms. The van der Waals surface area contributed by atoms with Gasteiger partial charge in [0.25, 0.3) is 5.56 Å². The molecule has 1 saturated carbocycles. The van der Waals surface area contributed by atoms with Crippen molar-refractivity contribution in [3.05, 3.63) is 21.0 Å². The van der Waals surface area contributed by atoms with E-state index in [2.05, 4.69) is 39.5 Å². The van der Waals surface area contributed by atoms with Crippen molar-refractivity contribution >= 4 is 33.4 Å². The molecule has 4 nitrogen and oxygen atoms in total. The van der Waals surface area contributed by atoms with Crippen molar-refractivity contribution in [3.8, 4) is 0 Å². The number of halogens is 1. The molecular formula is C13H20BrN3OS. The molecular weight excluding hydrogens is 326 g/mol. The fourth-order valence-electron chi connectivity index (χ4n) is 1.79. The molecule has 2 rings (SSSR count). The summed E-state index contributed by atoms with van der Waals surface area (Å²) in [5.74, 6) is 0.651. The first-order valence-corrected chi connectivity index (χ1v) is 8.72. The average molecular weight is 346 g/mol. The molecule has 0 radical (unpaired) electrons. The van der Waals surface area contributed by atoms with E-state index in [1.165, 1.54) is 12.8 Å². The van der Waals surface area contributed by atoms with Gasteiger partial charge < -0.3 is 5.32 Å². The molecule has 0 bridgehead atoms. The van der Waals surface area contributed by atoms with E-state index >= 15 is 0 Å². The van der Waals surface area contributed by atoms with Gasteiger partial charge in [-0.1, -0.05) is 6.92 Å². The Bertz CT molecular complexity index is 487. The number of nitrogens with zero attached hydrogens (tertiary/aromatic N) is 2. The van der Waals surface area contributed by atoms with Crippen LogP contribution in [0.4, 0.5) is 5.69 Å². The van der Waals surface area contributed by atoms with E-state index < -0.39 is 0 Å². The summed E-state index contributed by atoms with van der Waals surface area (Å²) in [5, 5.41) is 8.14. The lowest BCUT2D eigenvalue weighted by atomic mass is 10.3. The summed E-state index contributed by atoms with van der Waals surface area (Å²) >= 11 is 5.23. The van der Waals surface area contributed by atoms with E-state index in [1.54, 1.807) is 10.9 Å². The quantitative estimate of drug-likeness (QED) is 0.825. The number of hydrogen-bond acceptors (Lipinski definition) is 4. The summed E-state index contributed by atoms with van der Waals surface area (Å²) in [7, 11) is 0. The maximum Gasteiger partial charge on any atom is 0.283 e. The Hall–Kier alpha value is -0.490. The molecule has 19 heavy (non-hydrogen) atoms.